The van der Waals surface area contributed by atoms with Crippen LogP contribution in [0.3, 0.4) is 0 Å². The van der Waals surface area contributed by atoms with Crippen molar-refractivity contribution in [3.8, 4) is 5.75 Å². The van der Waals surface area contributed by atoms with E-state index in [4.69, 9.17) is 21.1 Å². The van der Waals surface area contributed by atoms with E-state index in [9.17, 15) is 4.39 Å². The molecule has 1 aliphatic heterocycles. The number of morpholine rings is 1. The van der Waals surface area contributed by atoms with Gasteiger partial charge in [0.05, 0.1) is 18.2 Å². The number of hydrogen-bond acceptors (Lipinski definition) is 4. The number of nitrogens with one attached hydrogen (secondary N) is 1. The van der Waals surface area contributed by atoms with Crippen LogP contribution in [0.2, 0.25) is 5.02 Å². The maximum atomic E-state index is 13.1. The van der Waals surface area contributed by atoms with Gasteiger partial charge in [-0.05, 0) is 18.2 Å². The number of hydrogen-bond donors (Lipinski definition) is 1. The second-order valence-corrected chi connectivity index (χ2v) is 6.67. The smallest absolute Gasteiger partial charge is 0.124 e. The van der Waals surface area contributed by atoms with Crippen molar-refractivity contribution in [2.45, 2.75) is 13.2 Å². The van der Waals surface area contributed by atoms with E-state index in [2.05, 4.69) is 10.2 Å². The number of ether oxygens (including phenoxy) is 2. The fourth-order valence-electron chi connectivity index (χ4n) is 2.87. The molecule has 0 amide bonds. The van der Waals surface area contributed by atoms with Crippen molar-refractivity contribution in [1.29, 1.82) is 0 Å². The van der Waals surface area contributed by atoms with Gasteiger partial charge in [0.25, 0.3) is 0 Å². The van der Waals surface area contributed by atoms with Crippen molar-refractivity contribution in [3.63, 3.8) is 0 Å². The van der Waals surface area contributed by atoms with Crippen LogP contribution in [0, 0.1) is 5.82 Å². The lowest BCUT2D eigenvalue weighted by Gasteiger charge is -2.26. The molecule has 1 N–H and O–H groups in total. The predicted molar refractivity (Wildman–Crippen MR) is 101 cm³/mol. The second-order valence-electron chi connectivity index (χ2n) is 6.26. The molecule has 1 aliphatic rings. The fraction of sp³-hybridized carbons (Fsp3) is 0.400. The summed E-state index contributed by atoms with van der Waals surface area (Å²) in [5, 5.41) is 3.85. The van der Waals surface area contributed by atoms with Crippen LogP contribution in [0.25, 0.3) is 0 Å². The summed E-state index contributed by atoms with van der Waals surface area (Å²) >= 11 is 6.07. The first-order chi connectivity index (χ1) is 12.7. The standard InChI is InChI=1S/C20H24ClFN2O2/c21-19-13-18(22)6-5-17(19)15-26-20-4-2-1-3-16(20)14-23-7-8-24-9-11-25-12-10-24/h1-6,13,23H,7-12,14-15H2. The van der Waals surface area contributed by atoms with E-state index in [1.165, 1.54) is 12.1 Å². The first kappa shape index (κ1) is 19.1. The van der Waals surface area contributed by atoms with Gasteiger partial charge >= 0.3 is 0 Å². The maximum Gasteiger partial charge on any atom is 0.124 e. The summed E-state index contributed by atoms with van der Waals surface area (Å²) in [7, 11) is 0. The Morgan fingerprint density at radius 1 is 1.12 bits per heavy atom. The fourth-order valence-corrected chi connectivity index (χ4v) is 3.09. The molecule has 2 aromatic rings. The summed E-state index contributed by atoms with van der Waals surface area (Å²) < 4.78 is 24.4. The van der Waals surface area contributed by atoms with Crippen molar-refractivity contribution in [3.05, 3.63) is 64.4 Å². The summed E-state index contributed by atoms with van der Waals surface area (Å²) in [5.74, 6) is 0.468. The zero-order valence-corrected chi connectivity index (χ0v) is 15.5. The SMILES string of the molecule is Fc1ccc(COc2ccccc2CNCCN2CCOCC2)c(Cl)c1. The van der Waals surface area contributed by atoms with Gasteiger partial charge in [-0.25, -0.2) is 4.39 Å². The molecule has 0 radical (unpaired) electrons. The first-order valence-electron chi connectivity index (χ1n) is 8.88. The lowest BCUT2D eigenvalue weighted by Crippen LogP contribution is -2.40. The molecule has 1 saturated heterocycles. The van der Waals surface area contributed by atoms with Crippen molar-refractivity contribution >= 4 is 11.6 Å². The van der Waals surface area contributed by atoms with Crippen LogP contribution in [0.4, 0.5) is 4.39 Å². The minimum Gasteiger partial charge on any atom is -0.489 e. The molecular weight excluding hydrogens is 355 g/mol. The van der Waals surface area contributed by atoms with Crippen LogP contribution in [-0.4, -0.2) is 44.3 Å². The van der Waals surface area contributed by atoms with Gasteiger partial charge in [0.2, 0.25) is 0 Å². The van der Waals surface area contributed by atoms with Gasteiger partial charge in [-0.1, -0.05) is 35.9 Å². The Balaban J connectivity index is 1.49. The van der Waals surface area contributed by atoms with E-state index >= 15 is 0 Å². The molecule has 1 fully saturated rings. The second kappa shape index (κ2) is 9.88. The normalized spacial score (nSPS) is 15.2. The number of nitrogens with zero attached hydrogens (tertiary/aromatic N) is 1. The van der Waals surface area contributed by atoms with Gasteiger partial charge < -0.3 is 14.8 Å². The van der Waals surface area contributed by atoms with E-state index < -0.39 is 0 Å². The van der Waals surface area contributed by atoms with E-state index in [-0.39, 0.29) is 5.82 Å². The van der Waals surface area contributed by atoms with Gasteiger partial charge in [0.1, 0.15) is 18.2 Å². The lowest BCUT2D eigenvalue weighted by molar-refractivity contribution is 0.0384. The average Bonchev–Trinajstić information content (AvgIpc) is 2.66. The highest BCUT2D eigenvalue weighted by atomic mass is 35.5. The zero-order chi connectivity index (χ0) is 18.2. The number of benzene rings is 2. The molecule has 6 heteroatoms. The quantitative estimate of drug-likeness (QED) is 0.713. The van der Waals surface area contributed by atoms with E-state index in [1.807, 2.05) is 24.3 Å². The maximum absolute atomic E-state index is 13.1. The Labute approximate surface area is 158 Å². The molecule has 0 aliphatic carbocycles. The third-order valence-electron chi connectivity index (χ3n) is 4.39. The summed E-state index contributed by atoms with van der Waals surface area (Å²) in [5.41, 5.74) is 1.86. The van der Waals surface area contributed by atoms with E-state index in [1.54, 1.807) is 6.07 Å². The molecule has 2 aromatic carbocycles. The summed E-state index contributed by atoms with van der Waals surface area (Å²) in [6.45, 7) is 6.61. The molecule has 3 rings (SSSR count). The molecular formula is C20H24ClFN2O2. The van der Waals surface area contributed by atoms with Crippen molar-refractivity contribution in [2.75, 3.05) is 39.4 Å². The lowest BCUT2D eigenvalue weighted by atomic mass is 10.2. The largest absolute Gasteiger partial charge is 0.489 e. The average molecular weight is 379 g/mol. The summed E-state index contributed by atoms with van der Waals surface area (Å²) in [6.07, 6.45) is 0. The van der Waals surface area contributed by atoms with Crippen molar-refractivity contribution in [2.24, 2.45) is 0 Å². The van der Waals surface area contributed by atoms with Gasteiger partial charge in [-0.15, -0.1) is 0 Å². The highest BCUT2D eigenvalue weighted by molar-refractivity contribution is 6.31. The van der Waals surface area contributed by atoms with Crippen LogP contribution >= 0.6 is 11.6 Å². The molecule has 0 unspecified atom stereocenters. The third-order valence-corrected chi connectivity index (χ3v) is 4.75. The van der Waals surface area contributed by atoms with E-state index in [0.717, 1.165) is 62.8 Å². The topological polar surface area (TPSA) is 33.7 Å². The Morgan fingerprint density at radius 2 is 1.92 bits per heavy atom. The van der Waals surface area contributed by atoms with Crippen LogP contribution in [-0.2, 0) is 17.9 Å². The minimum atomic E-state index is -0.344. The van der Waals surface area contributed by atoms with Gasteiger partial charge in [0.15, 0.2) is 0 Å². The van der Waals surface area contributed by atoms with Crippen LogP contribution in [0.15, 0.2) is 42.5 Å². The van der Waals surface area contributed by atoms with Crippen molar-refractivity contribution < 1.29 is 13.9 Å². The van der Waals surface area contributed by atoms with Gasteiger partial charge in [-0.3, -0.25) is 4.90 Å². The van der Waals surface area contributed by atoms with Crippen LogP contribution in [0.5, 0.6) is 5.75 Å². The molecule has 4 nitrogen and oxygen atoms in total. The first-order valence-corrected chi connectivity index (χ1v) is 9.25. The highest BCUT2D eigenvalue weighted by Gasteiger charge is 2.10. The van der Waals surface area contributed by atoms with Gasteiger partial charge in [-0.2, -0.15) is 0 Å². The molecule has 0 aromatic heterocycles. The predicted octanol–water partition coefficient (Wildman–Crippen LogP) is 3.48. The molecule has 0 spiro atoms. The number of para-hydroxylation sites is 1. The minimum absolute atomic E-state index is 0.309. The summed E-state index contributed by atoms with van der Waals surface area (Å²) in [4.78, 5) is 2.40. The van der Waals surface area contributed by atoms with Gasteiger partial charge in [0, 0.05) is 43.9 Å². The third kappa shape index (κ3) is 5.68. The number of rotatable bonds is 8. The zero-order valence-electron chi connectivity index (χ0n) is 14.7. The monoisotopic (exact) mass is 378 g/mol. The highest BCUT2D eigenvalue weighted by Crippen LogP contribution is 2.22. The van der Waals surface area contributed by atoms with Crippen LogP contribution < -0.4 is 10.1 Å². The molecule has 140 valence electrons. The Hall–Kier alpha value is -1.66. The molecule has 0 bridgehead atoms. The molecule has 26 heavy (non-hydrogen) atoms. The molecule has 0 atom stereocenters. The number of halogens is 2. The summed E-state index contributed by atoms with van der Waals surface area (Å²) in [6, 6.07) is 12.3. The van der Waals surface area contributed by atoms with Crippen molar-refractivity contribution in [1.82, 2.24) is 10.2 Å². The van der Waals surface area contributed by atoms with E-state index in [0.29, 0.717) is 11.6 Å². The molecule has 1 heterocycles. The Bertz CT molecular complexity index is 708. The van der Waals surface area contributed by atoms with Crippen LogP contribution in [0.1, 0.15) is 11.1 Å². The Kier molecular flexibility index (Phi) is 7.26. The Morgan fingerprint density at radius 3 is 2.73 bits per heavy atom. The molecule has 0 saturated carbocycles.